The third-order valence-corrected chi connectivity index (χ3v) is 3.67. The molecule has 0 bridgehead atoms. The van der Waals surface area contributed by atoms with E-state index in [0.29, 0.717) is 18.5 Å². The van der Waals surface area contributed by atoms with E-state index in [0.717, 1.165) is 12.5 Å². The predicted octanol–water partition coefficient (Wildman–Crippen LogP) is 2.32. The van der Waals surface area contributed by atoms with Gasteiger partial charge in [0.05, 0.1) is 6.54 Å². The van der Waals surface area contributed by atoms with Crippen molar-refractivity contribution in [2.45, 2.75) is 58.9 Å². The van der Waals surface area contributed by atoms with Gasteiger partial charge in [0.25, 0.3) is 0 Å². The van der Waals surface area contributed by atoms with E-state index < -0.39 is 0 Å². The van der Waals surface area contributed by atoms with Gasteiger partial charge in [0, 0.05) is 12.6 Å². The molecule has 0 saturated heterocycles. The molecule has 2 N–H and O–H groups in total. The van der Waals surface area contributed by atoms with E-state index in [9.17, 15) is 4.79 Å². The van der Waals surface area contributed by atoms with Gasteiger partial charge in [-0.1, -0.05) is 40.0 Å². The van der Waals surface area contributed by atoms with Crippen molar-refractivity contribution >= 4 is 5.91 Å². The monoisotopic (exact) mass is 240 g/mol. The van der Waals surface area contributed by atoms with Gasteiger partial charge in [-0.2, -0.15) is 0 Å². The summed E-state index contributed by atoms with van der Waals surface area (Å²) in [5, 5.41) is 6.39. The minimum atomic E-state index is 0.138. The smallest absolute Gasteiger partial charge is 0.233 e. The molecule has 17 heavy (non-hydrogen) atoms. The van der Waals surface area contributed by atoms with Crippen LogP contribution in [0.3, 0.4) is 0 Å². The summed E-state index contributed by atoms with van der Waals surface area (Å²) in [6, 6.07) is 0.554. The van der Waals surface area contributed by atoms with Crippen LogP contribution < -0.4 is 10.6 Å². The first-order valence-corrected chi connectivity index (χ1v) is 7.13. The number of hydrogen-bond acceptors (Lipinski definition) is 2. The first-order chi connectivity index (χ1) is 8.13. The number of nitrogens with one attached hydrogen (secondary N) is 2. The first kappa shape index (κ1) is 14.5. The quantitative estimate of drug-likeness (QED) is 0.748. The molecule has 3 nitrogen and oxygen atoms in total. The van der Waals surface area contributed by atoms with Crippen LogP contribution >= 0.6 is 0 Å². The standard InChI is InChI=1S/C14H28N2O/c1-4-12-7-5-6-8-13(12)15-10-14(17)16-9-11(2)3/h11-13,15H,4-10H2,1-3H3,(H,16,17). The molecule has 100 valence electrons. The average molecular weight is 240 g/mol. The minimum Gasteiger partial charge on any atom is -0.355 e. The highest BCUT2D eigenvalue weighted by Crippen LogP contribution is 2.26. The van der Waals surface area contributed by atoms with Crippen molar-refractivity contribution < 1.29 is 4.79 Å². The van der Waals surface area contributed by atoms with Gasteiger partial charge < -0.3 is 10.6 Å². The average Bonchev–Trinajstić information content (AvgIpc) is 2.34. The molecule has 0 spiro atoms. The topological polar surface area (TPSA) is 41.1 Å². The van der Waals surface area contributed by atoms with Crippen LogP contribution in [0.1, 0.15) is 52.9 Å². The Morgan fingerprint density at radius 2 is 2.00 bits per heavy atom. The summed E-state index contributed by atoms with van der Waals surface area (Å²) in [5.41, 5.74) is 0. The lowest BCUT2D eigenvalue weighted by Crippen LogP contribution is -2.44. The Balaban J connectivity index is 2.21. The van der Waals surface area contributed by atoms with Gasteiger partial charge in [-0.3, -0.25) is 4.79 Å². The Morgan fingerprint density at radius 3 is 2.65 bits per heavy atom. The fourth-order valence-corrected chi connectivity index (χ4v) is 2.57. The van der Waals surface area contributed by atoms with Crippen molar-refractivity contribution in [2.75, 3.05) is 13.1 Å². The molecule has 0 radical (unpaired) electrons. The summed E-state index contributed by atoms with van der Waals surface area (Å²) in [6.07, 6.45) is 6.45. The predicted molar refractivity (Wildman–Crippen MR) is 71.9 cm³/mol. The largest absolute Gasteiger partial charge is 0.355 e. The van der Waals surface area contributed by atoms with E-state index in [1.54, 1.807) is 0 Å². The van der Waals surface area contributed by atoms with Crippen LogP contribution in [-0.2, 0) is 4.79 Å². The Labute approximate surface area is 106 Å². The Hall–Kier alpha value is -0.570. The highest BCUT2D eigenvalue weighted by atomic mass is 16.1. The van der Waals surface area contributed by atoms with Crippen LogP contribution in [0.25, 0.3) is 0 Å². The van der Waals surface area contributed by atoms with Crippen molar-refractivity contribution in [1.29, 1.82) is 0 Å². The maximum Gasteiger partial charge on any atom is 0.233 e. The lowest BCUT2D eigenvalue weighted by molar-refractivity contribution is -0.120. The molecule has 0 aromatic heterocycles. The van der Waals surface area contributed by atoms with Gasteiger partial charge in [0.15, 0.2) is 0 Å². The summed E-state index contributed by atoms with van der Waals surface area (Å²) in [5.74, 6) is 1.43. The summed E-state index contributed by atoms with van der Waals surface area (Å²) < 4.78 is 0. The van der Waals surface area contributed by atoms with Crippen LogP contribution in [0.4, 0.5) is 0 Å². The molecule has 1 saturated carbocycles. The lowest BCUT2D eigenvalue weighted by Gasteiger charge is -2.31. The van der Waals surface area contributed by atoms with Crippen LogP contribution in [0, 0.1) is 11.8 Å². The molecule has 1 aliphatic carbocycles. The fraction of sp³-hybridized carbons (Fsp3) is 0.929. The second kappa shape index (κ2) is 7.70. The zero-order valence-corrected chi connectivity index (χ0v) is 11.6. The summed E-state index contributed by atoms with van der Waals surface area (Å²) in [4.78, 5) is 11.6. The molecule has 0 heterocycles. The zero-order valence-electron chi connectivity index (χ0n) is 11.6. The minimum absolute atomic E-state index is 0.138. The molecule has 1 amide bonds. The summed E-state index contributed by atoms with van der Waals surface area (Å²) in [6.45, 7) is 7.74. The van der Waals surface area contributed by atoms with Crippen molar-refractivity contribution in [2.24, 2.45) is 11.8 Å². The molecule has 0 aromatic rings. The van der Waals surface area contributed by atoms with Gasteiger partial charge >= 0.3 is 0 Å². The van der Waals surface area contributed by atoms with Gasteiger partial charge in [-0.05, 0) is 24.7 Å². The van der Waals surface area contributed by atoms with Crippen molar-refractivity contribution in [1.82, 2.24) is 10.6 Å². The number of carbonyl (C=O) groups excluding carboxylic acids is 1. The fourth-order valence-electron chi connectivity index (χ4n) is 2.57. The number of amides is 1. The second-order valence-corrected chi connectivity index (χ2v) is 5.64. The summed E-state index contributed by atoms with van der Waals surface area (Å²) >= 11 is 0. The molecule has 0 aliphatic heterocycles. The van der Waals surface area contributed by atoms with Crippen LogP contribution in [-0.4, -0.2) is 25.0 Å². The van der Waals surface area contributed by atoms with Gasteiger partial charge in [-0.25, -0.2) is 0 Å². The van der Waals surface area contributed by atoms with Crippen molar-refractivity contribution in [3.8, 4) is 0 Å². The third-order valence-electron chi connectivity index (χ3n) is 3.67. The normalized spacial score (nSPS) is 24.9. The third kappa shape index (κ3) is 5.53. The molecule has 1 rings (SSSR count). The van der Waals surface area contributed by atoms with Gasteiger partial charge in [-0.15, -0.1) is 0 Å². The van der Waals surface area contributed by atoms with Crippen molar-refractivity contribution in [3.05, 3.63) is 0 Å². The maximum atomic E-state index is 11.6. The van der Waals surface area contributed by atoms with Crippen LogP contribution in [0.5, 0.6) is 0 Å². The van der Waals surface area contributed by atoms with Crippen LogP contribution in [0.2, 0.25) is 0 Å². The molecular formula is C14H28N2O. The van der Waals surface area contributed by atoms with Gasteiger partial charge in [0.1, 0.15) is 0 Å². The number of carbonyl (C=O) groups is 1. The highest BCUT2D eigenvalue weighted by Gasteiger charge is 2.23. The SMILES string of the molecule is CCC1CCCCC1NCC(=O)NCC(C)C. The second-order valence-electron chi connectivity index (χ2n) is 5.64. The Morgan fingerprint density at radius 1 is 1.29 bits per heavy atom. The van der Waals surface area contributed by atoms with E-state index in [2.05, 4.69) is 31.4 Å². The summed E-state index contributed by atoms with van der Waals surface area (Å²) in [7, 11) is 0. The first-order valence-electron chi connectivity index (χ1n) is 7.13. The molecule has 3 heteroatoms. The highest BCUT2D eigenvalue weighted by molar-refractivity contribution is 5.77. The van der Waals surface area contributed by atoms with E-state index in [-0.39, 0.29) is 5.91 Å². The molecule has 1 fully saturated rings. The van der Waals surface area contributed by atoms with Gasteiger partial charge in [0.2, 0.25) is 5.91 Å². The van der Waals surface area contributed by atoms with Crippen molar-refractivity contribution in [3.63, 3.8) is 0 Å². The molecule has 1 aliphatic rings. The van der Waals surface area contributed by atoms with E-state index in [4.69, 9.17) is 0 Å². The zero-order chi connectivity index (χ0) is 12.7. The Kier molecular flexibility index (Phi) is 6.56. The van der Waals surface area contributed by atoms with E-state index in [1.165, 1.54) is 32.1 Å². The molecule has 2 atom stereocenters. The van der Waals surface area contributed by atoms with E-state index >= 15 is 0 Å². The maximum absolute atomic E-state index is 11.6. The molecule has 0 aromatic carbocycles. The molecular weight excluding hydrogens is 212 g/mol. The molecule has 2 unspecified atom stereocenters. The lowest BCUT2D eigenvalue weighted by atomic mass is 9.83. The number of hydrogen-bond donors (Lipinski definition) is 2. The number of rotatable bonds is 6. The Bertz CT molecular complexity index is 228. The van der Waals surface area contributed by atoms with E-state index in [1.807, 2.05) is 0 Å². The van der Waals surface area contributed by atoms with Crippen LogP contribution in [0.15, 0.2) is 0 Å².